The number of rotatable bonds is 3. The first-order valence-corrected chi connectivity index (χ1v) is 10.5. The van der Waals surface area contributed by atoms with E-state index in [-0.39, 0.29) is 22.7 Å². The highest BCUT2D eigenvalue weighted by Crippen LogP contribution is 2.57. The number of ketones is 1. The molecule has 150 valence electrons. The number of aliphatic hydroxyl groups is 1. The summed E-state index contributed by atoms with van der Waals surface area (Å²) in [5.74, 6) is 1.85. The lowest BCUT2D eigenvalue weighted by Gasteiger charge is -2.55. The fourth-order valence-electron chi connectivity index (χ4n) is 5.98. The normalized spacial score (nSPS) is 33.7. The zero-order valence-corrected chi connectivity index (χ0v) is 17.5. The highest BCUT2D eigenvalue weighted by molar-refractivity contribution is 5.98. The van der Waals surface area contributed by atoms with Gasteiger partial charge in [-0.25, -0.2) is 0 Å². The van der Waals surface area contributed by atoms with Crippen LogP contribution in [0.25, 0.3) is 6.08 Å². The van der Waals surface area contributed by atoms with E-state index in [0.29, 0.717) is 24.9 Å². The van der Waals surface area contributed by atoms with Gasteiger partial charge < -0.3 is 9.84 Å². The second-order valence-corrected chi connectivity index (χ2v) is 10.1. The topological polar surface area (TPSA) is 46.5 Å². The van der Waals surface area contributed by atoms with Crippen molar-refractivity contribution in [3.05, 3.63) is 47.1 Å². The largest absolute Gasteiger partial charge is 0.493 e. The van der Waals surface area contributed by atoms with Gasteiger partial charge in [-0.3, -0.25) is 4.79 Å². The molecule has 3 nitrogen and oxygen atoms in total. The van der Waals surface area contributed by atoms with Gasteiger partial charge in [-0.1, -0.05) is 44.6 Å². The Hall–Kier alpha value is -1.87. The van der Waals surface area contributed by atoms with Crippen LogP contribution < -0.4 is 4.74 Å². The lowest BCUT2D eigenvalue weighted by molar-refractivity contribution is -0.114. The summed E-state index contributed by atoms with van der Waals surface area (Å²) >= 11 is 0. The van der Waals surface area contributed by atoms with Gasteiger partial charge in [-0.05, 0) is 72.3 Å². The van der Waals surface area contributed by atoms with Gasteiger partial charge in [0.1, 0.15) is 5.75 Å². The Morgan fingerprint density at radius 3 is 2.71 bits per heavy atom. The van der Waals surface area contributed by atoms with E-state index in [1.807, 2.05) is 24.3 Å². The third-order valence-electron chi connectivity index (χ3n) is 7.22. The van der Waals surface area contributed by atoms with E-state index in [1.165, 1.54) is 5.57 Å². The van der Waals surface area contributed by atoms with Crippen LogP contribution in [0.2, 0.25) is 0 Å². The van der Waals surface area contributed by atoms with Crippen LogP contribution in [-0.4, -0.2) is 23.6 Å². The van der Waals surface area contributed by atoms with E-state index in [0.717, 1.165) is 36.1 Å². The van der Waals surface area contributed by atoms with Crippen LogP contribution in [-0.2, 0) is 11.2 Å². The Balaban J connectivity index is 1.50. The molecule has 0 heterocycles. The molecule has 4 atom stereocenters. The van der Waals surface area contributed by atoms with Crippen LogP contribution in [0.3, 0.4) is 0 Å². The number of carbonyl (C=O) groups excluding carboxylic acids is 1. The quantitative estimate of drug-likeness (QED) is 0.753. The Bertz CT molecular complexity index is 847. The van der Waals surface area contributed by atoms with Gasteiger partial charge >= 0.3 is 0 Å². The highest BCUT2D eigenvalue weighted by atomic mass is 16.5. The number of hydrogen-bond donors (Lipinski definition) is 1. The first kappa shape index (κ1) is 19.4. The number of benzene rings is 1. The van der Waals surface area contributed by atoms with Crippen LogP contribution in [0.5, 0.6) is 5.75 Å². The molecule has 4 unspecified atom stereocenters. The Morgan fingerprint density at radius 1 is 1.14 bits per heavy atom. The van der Waals surface area contributed by atoms with Crippen LogP contribution in [0.15, 0.2) is 35.9 Å². The predicted octanol–water partition coefficient (Wildman–Crippen LogP) is 4.97. The van der Waals surface area contributed by atoms with Crippen molar-refractivity contribution in [3.63, 3.8) is 0 Å². The maximum atomic E-state index is 11.7. The van der Waals surface area contributed by atoms with E-state index in [1.54, 1.807) is 6.08 Å². The minimum Gasteiger partial charge on any atom is -0.493 e. The van der Waals surface area contributed by atoms with Crippen molar-refractivity contribution < 1.29 is 14.6 Å². The molecule has 1 fully saturated rings. The van der Waals surface area contributed by atoms with Gasteiger partial charge in [0.2, 0.25) is 0 Å². The van der Waals surface area contributed by atoms with Crippen molar-refractivity contribution in [2.24, 2.45) is 22.7 Å². The number of allylic oxidation sites excluding steroid dienone is 2. The van der Waals surface area contributed by atoms with E-state index >= 15 is 0 Å². The number of aliphatic hydroxyl groups excluding tert-OH is 1. The van der Waals surface area contributed by atoms with Gasteiger partial charge in [0.15, 0.2) is 5.78 Å². The summed E-state index contributed by atoms with van der Waals surface area (Å²) < 4.78 is 6.18. The zero-order chi connectivity index (χ0) is 20.1. The molecule has 1 aromatic rings. The molecule has 0 spiro atoms. The van der Waals surface area contributed by atoms with Gasteiger partial charge in [-0.15, -0.1) is 0 Å². The van der Waals surface area contributed by atoms with E-state index in [4.69, 9.17) is 4.74 Å². The Labute approximate surface area is 168 Å². The molecule has 28 heavy (non-hydrogen) atoms. The first-order valence-electron chi connectivity index (χ1n) is 10.5. The molecule has 1 N–H and O–H groups in total. The lowest BCUT2D eigenvalue weighted by Crippen LogP contribution is -2.49. The minimum absolute atomic E-state index is 0.113. The summed E-state index contributed by atoms with van der Waals surface area (Å²) in [7, 11) is 0. The monoisotopic (exact) mass is 380 g/mol. The summed E-state index contributed by atoms with van der Waals surface area (Å²) in [5.41, 5.74) is 3.79. The molecule has 4 rings (SSSR count). The van der Waals surface area contributed by atoms with Gasteiger partial charge in [0, 0.05) is 12.3 Å². The molecule has 1 aromatic carbocycles. The summed E-state index contributed by atoms with van der Waals surface area (Å²) in [4.78, 5) is 11.7. The summed E-state index contributed by atoms with van der Waals surface area (Å²) in [6.07, 6.45) is 9.03. The highest BCUT2D eigenvalue weighted by Gasteiger charge is 2.51. The number of carbonyl (C=O) groups is 1. The average molecular weight is 381 g/mol. The van der Waals surface area contributed by atoms with Gasteiger partial charge in [-0.2, -0.15) is 0 Å². The average Bonchev–Trinajstić information content (AvgIpc) is 2.60. The fraction of sp³-hybridized carbons (Fsp3) is 0.560. The molecule has 0 radical (unpaired) electrons. The second kappa shape index (κ2) is 6.88. The fourth-order valence-corrected chi connectivity index (χ4v) is 5.98. The van der Waals surface area contributed by atoms with Crippen LogP contribution in [0.1, 0.15) is 58.1 Å². The van der Waals surface area contributed by atoms with Crippen LogP contribution in [0, 0.1) is 22.7 Å². The maximum Gasteiger partial charge on any atom is 0.160 e. The van der Waals surface area contributed by atoms with Crippen molar-refractivity contribution in [2.75, 3.05) is 6.61 Å². The molecule has 3 aliphatic rings. The predicted molar refractivity (Wildman–Crippen MR) is 112 cm³/mol. The number of hydrogen-bond acceptors (Lipinski definition) is 3. The Kier molecular flexibility index (Phi) is 4.78. The van der Waals surface area contributed by atoms with Crippen LogP contribution in [0.4, 0.5) is 0 Å². The van der Waals surface area contributed by atoms with Gasteiger partial charge in [0.25, 0.3) is 0 Å². The number of fused-ring (bicyclic) bond motifs is 2. The molecule has 0 saturated heterocycles. The molecule has 1 saturated carbocycles. The Morgan fingerprint density at radius 2 is 1.93 bits per heavy atom. The van der Waals surface area contributed by atoms with Gasteiger partial charge in [0.05, 0.1) is 12.7 Å². The first-order chi connectivity index (χ1) is 13.2. The van der Waals surface area contributed by atoms with Crippen molar-refractivity contribution in [2.45, 2.75) is 59.5 Å². The standard InChI is InChI=1S/C25H32O3/c1-16-9-23-24(2,3)13-21(27)14-25(23,4)12-19(16)15-28-22-8-6-17-5-7-20(26)10-18(17)11-22/h5-9,11,19,21,23,27H,10,12-15H2,1-4H3. The molecule has 0 amide bonds. The third-order valence-corrected chi connectivity index (χ3v) is 7.22. The van der Waals surface area contributed by atoms with Crippen molar-refractivity contribution >= 4 is 11.9 Å². The van der Waals surface area contributed by atoms with E-state index in [2.05, 4.69) is 33.8 Å². The zero-order valence-electron chi connectivity index (χ0n) is 17.5. The summed E-state index contributed by atoms with van der Waals surface area (Å²) in [6.45, 7) is 9.80. The summed E-state index contributed by atoms with van der Waals surface area (Å²) in [6, 6.07) is 6.05. The third kappa shape index (κ3) is 3.57. The van der Waals surface area contributed by atoms with Crippen molar-refractivity contribution in [1.82, 2.24) is 0 Å². The smallest absolute Gasteiger partial charge is 0.160 e. The molecular formula is C25H32O3. The lowest BCUT2D eigenvalue weighted by atomic mass is 9.51. The molecule has 0 aromatic heterocycles. The molecule has 3 heteroatoms. The second-order valence-electron chi connectivity index (χ2n) is 10.1. The van der Waals surface area contributed by atoms with Crippen LogP contribution >= 0.6 is 0 Å². The number of ether oxygens (including phenoxy) is 1. The molecule has 0 bridgehead atoms. The van der Waals surface area contributed by atoms with E-state index < -0.39 is 0 Å². The maximum absolute atomic E-state index is 11.7. The molecular weight excluding hydrogens is 348 g/mol. The molecule has 3 aliphatic carbocycles. The SMILES string of the molecule is CC1=CC2C(C)(C)CC(O)CC2(C)CC1COc1ccc2c(c1)CC(=O)C=C2. The minimum atomic E-state index is -0.212. The van der Waals surface area contributed by atoms with E-state index in [9.17, 15) is 9.90 Å². The molecule has 0 aliphatic heterocycles. The summed E-state index contributed by atoms with van der Waals surface area (Å²) in [5, 5.41) is 10.5. The van der Waals surface area contributed by atoms with Crippen molar-refractivity contribution in [3.8, 4) is 5.75 Å². The van der Waals surface area contributed by atoms with Crippen molar-refractivity contribution in [1.29, 1.82) is 0 Å².